The molecular weight excluding hydrogens is 420 g/mol. The van der Waals surface area contributed by atoms with E-state index in [4.69, 9.17) is 9.47 Å². The van der Waals surface area contributed by atoms with Crippen molar-refractivity contribution in [2.24, 2.45) is 5.41 Å². The summed E-state index contributed by atoms with van der Waals surface area (Å²) in [4.78, 5) is 4.21. The molecule has 3 unspecified atom stereocenters. The zero-order valence-electron chi connectivity index (χ0n) is 18.9. The van der Waals surface area contributed by atoms with Gasteiger partial charge < -0.3 is 29.4 Å². The van der Waals surface area contributed by atoms with Crippen LogP contribution in [0.3, 0.4) is 0 Å². The third kappa shape index (κ3) is 5.18. The third-order valence-electron chi connectivity index (χ3n) is 6.31. The zero-order chi connectivity index (χ0) is 23.3. The minimum absolute atomic E-state index is 0.00760. The summed E-state index contributed by atoms with van der Waals surface area (Å²) in [5.74, 6) is 0.491. The number of aliphatic hydroxyl groups excluding tert-OH is 3. The number of allylic oxidation sites excluding steroid dienone is 2. The van der Waals surface area contributed by atoms with Crippen LogP contribution in [0.15, 0.2) is 73.1 Å². The lowest BCUT2D eigenvalue weighted by Crippen LogP contribution is -2.51. The fourth-order valence-electron chi connectivity index (χ4n) is 4.10. The Morgan fingerprint density at radius 3 is 2.61 bits per heavy atom. The lowest BCUT2D eigenvalue weighted by molar-refractivity contribution is -0.181. The van der Waals surface area contributed by atoms with Crippen molar-refractivity contribution < 1.29 is 24.8 Å². The van der Waals surface area contributed by atoms with E-state index in [1.54, 1.807) is 23.9 Å². The number of hydrogen-bond acceptors (Lipinski definition) is 6. The molecule has 3 atom stereocenters. The Bertz CT molecular complexity index is 1000. The molecule has 0 saturated carbocycles. The Morgan fingerprint density at radius 1 is 1.24 bits per heavy atom. The van der Waals surface area contributed by atoms with Gasteiger partial charge in [0.15, 0.2) is 0 Å². The number of rotatable bonds is 10. The molecule has 0 amide bonds. The number of aromatic nitrogens is 2. The van der Waals surface area contributed by atoms with Crippen LogP contribution in [0.5, 0.6) is 0 Å². The van der Waals surface area contributed by atoms with Crippen molar-refractivity contribution in [3.63, 3.8) is 0 Å². The number of hydrogen-bond donors (Lipinski definition) is 3. The second kappa shape index (κ2) is 10.2. The number of imidazole rings is 1. The van der Waals surface area contributed by atoms with Crippen LogP contribution < -0.4 is 0 Å². The number of ether oxygens (including phenoxy) is 2. The van der Waals surface area contributed by atoms with E-state index in [0.29, 0.717) is 32.1 Å². The molecule has 176 valence electrons. The van der Waals surface area contributed by atoms with E-state index in [1.165, 1.54) is 0 Å². The van der Waals surface area contributed by atoms with Crippen LogP contribution in [-0.4, -0.2) is 63.5 Å². The lowest BCUT2D eigenvalue weighted by Gasteiger charge is -2.42. The first-order valence-electron chi connectivity index (χ1n) is 11.3. The third-order valence-corrected chi connectivity index (χ3v) is 6.31. The predicted octanol–water partition coefficient (Wildman–Crippen LogP) is 2.83. The van der Waals surface area contributed by atoms with Crippen LogP contribution in [0.2, 0.25) is 0 Å². The van der Waals surface area contributed by atoms with E-state index in [-0.39, 0.29) is 18.6 Å². The average molecular weight is 453 g/mol. The van der Waals surface area contributed by atoms with Gasteiger partial charge in [0.05, 0.1) is 44.5 Å². The van der Waals surface area contributed by atoms with Crippen molar-refractivity contribution in [3.8, 4) is 0 Å². The van der Waals surface area contributed by atoms with Crippen molar-refractivity contribution in [3.05, 3.63) is 84.5 Å². The normalized spacial score (nSPS) is 23.8. The molecule has 1 aromatic heterocycles. The molecule has 0 spiro atoms. The fraction of sp³-hybridized carbons (Fsp3) is 0.423. The summed E-state index contributed by atoms with van der Waals surface area (Å²) in [6, 6.07) is 9.77. The molecule has 1 fully saturated rings. The van der Waals surface area contributed by atoms with Crippen LogP contribution in [0.1, 0.15) is 36.9 Å². The smallest absolute Gasteiger partial charge is 0.137 e. The van der Waals surface area contributed by atoms with E-state index in [1.807, 2.05) is 36.4 Å². The lowest BCUT2D eigenvalue weighted by atomic mass is 9.85. The summed E-state index contributed by atoms with van der Waals surface area (Å²) in [6.07, 6.45) is 13.3. The molecule has 0 bridgehead atoms. The summed E-state index contributed by atoms with van der Waals surface area (Å²) >= 11 is 0. The highest BCUT2D eigenvalue weighted by atomic mass is 16.5. The molecule has 1 aromatic carbocycles. The Hall–Kier alpha value is -2.55. The number of aliphatic hydroxyl groups is 3. The van der Waals surface area contributed by atoms with Gasteiger partial charge in [-0.3, -0.25) is 0 Å². The Kier molecular flexibility index (Phi) is 7.26. The maximum absolute atomic E-state index is 10.1. The SMILES string of the molecule is CC(O)c1nccn1C(/C=C/C1(OCC2(CO)COC2)C=CC(c2ccccc2)=CC1)CO. The maximum atomic E-state index is 10.1. The van der Waals surface area contributed by atoms with Gasteiger partial charge in [0, 0.05) is 18.8 Å². The summed E-state index contributed by atoms with van der Waals surface area (Å²) in [6.45, 7) is 2.82. The molecule has 7 heteroatoms. The van der Waals surface area contributed by atoms with Gasteiger partial charge in [-0.1, -0.05) is 54.6 Å². The van der Waals surface area contributed by atoms with E-state index >= 15 is 0 Å². The molecule has 1 saturated heterocycles. The molecule has 33 heavy (non-hydrogen) atoms. The second-order valence-corrected chi connectivity index (χ2v) is 8.94. The van der Waals surface area contributed by atoms with Gasteiger partial charge in [0.1, 0.15) is 17.5 Å². The Morgan fingerprint density at radius 2 is 2.03 bits per heavy atom. The first-order valence-corrected chi connectivity index (χ1v) is 11.3. The first kappa shape index (κ1) is 23.6. The molecule has 2 aliphatic rings. The highest BCUT2D eigenvalue weighted by Crippen LogP contribution is 2.35. The molecule has 2 aromatic rings. The molecule has 3 N–H and O–H groups in total. The molecule has 2 heterocycles. The van der Waals surface area contributed by atoms with Crippen LogP contribution in [0.25, 0.3) is 5.57 Å². The summed E-state index contributed by atoms with van der Waals surface area (Å²) in [7, 11) is 0. The van der Waals surface area contributed by atoms with Gasteiger partial charge in [0.2, 0.25) is 0 Å². The summed E-state index contributed by atoms with van der Waals surface area (Å²) in [5, 5.41) is 29.9. The van der Waals surface area contributed by atoms with Crippen molar-refractivity contribution >= 4 is 5.57 Å². The number of benzene rings is 1. The number of nitrogens with zero attached hydrogens (tertiary/aromatic N) is 2. The van der Waals surface area contributed by atoms with E-state index in [0.717, 1.165) is 11.1 Å². The monoisotopic (exact) mass is 452 g/mol. The average Bonchev–Trinajstić information content (AvgIpc) is 3.30. The minimum atomic E-state index is -0.748. The molecule has 4 rings (SSSR count). The topological polar surface area (TPSA) is 97.0 Å². The minimum Gasteiger partial charge on any atom is -0.396 e. The van der Waals surface area contributed by atoms with Gasteiger partial charge >= 0.3 is 0 Å². The highest BCUT2D eigenvalue weighted by molar-refractivity contribution is 5.75. The van der Waals surface area contributed by atoms with Gasteiger partial charge in [-0.05, 0) is 24.1 Å². The Labute approximate surface area is 194 Å². The van der Waals surface area contributed by atoms with Gasteiger partial charge in [-0.15, -0.1) is 0 Å². The fourth-order valence-corrected chi connectivity index (χ4v) is 4.10. The molecule has 1 aliphatic carbocycles. The first-order chi connectivity index (χ1) is 16.0. The van der Waals surface area contributed by atoms with Crippen molar-refractivity contribution in [2.75, 3.05) is 33.0 Å². The summed E-state index contributed by atoms with van der Waals surface area (Å²) in [5.41, 5.74) is 1.16. The van der Waals surface area contributed by atoms with Gasteiger partial charge in [-0.2, -0.15) is 0 Å². The van der Waals surface area contributed by atoms with Crippen molar-refractivity contribution in [1.82, 2.24) is 9.55 Å². The van der Waals surface area contributed by atoms with Crippen LogP contribution in [0, 0.1) is 5.41 Å². The van der Waals surface area contributed by atoms with Gasteiger partial charge in [-0.25, -0.2) is 4.98 Å². The van der Waals surface area contributed by atoms with Crippen molar-refractivity contribution in [1.29, 1.82) is 0 Å². The van der Waals surface area contributed by atoms with Crippen LogP contribution in [-0.2, 0) is 9.47 Å². The van der Waals surface area contributed by atoms with Gasteiger partial charge in [0.25, 0.3) is 0 Å². The second-order valence-electron chi connectivity index (χ2n) is 8.94. The van der Waals surface area contributed by atoms with E-state index in [2.05, 4.69) is 29.3 Å². The van der Waals surface area contributed by atoms with Crippen molar-refractivity contribution in [2.45, 2.75) is 31.1 Å². The quantitative estimate of drug-likeness (QED) is 0.480. The zero-order valence-corrected chi connectivity index (χ0v) is 18.9. The Balaban J connectivity index is 1.58. The van der Waals surface area contributed by atoms with Crippen LogP contribution in [0.4, 0.5) is 0 Å². The van der Waals surface area contributed by atoms with Crippen LogP contribution >= 0.6 is 0 Å². The molecular formula is C26H32N2O5. The maximum Gasteiger partial charge on any atom is 0.137 e. The molecule has 0 radical (unpaired) electrons. The van der Waals surface area contributed by atoms with E-state index in [9.17, 15) is 15.3 Å². The molecule has 7 nitrogen and oxygen atoms in total. The van der Waals surface area contributed by atoms with E-state index < -0.39 is 17.7 Å². The largest absolute Gasteiger partial charge is 0.396 e. The standard InChI is InChI=1S/C26H32N2O5/c1-20(31)24-27-13-14-28(24)23(15-29)9-12-26(33-19-25(16-30)17-32-18-25)10-7-22(8-11-26)21-5-3-2-4-6-21/h2-10,12-14,20,23,29-31H,11,15-19H2,1H3/b12-9+. The predicted molar refractivity (Wildman–Crippen MR) is 125 cm³/mol. The summed E-state index contributed by atoms with van der Waals surface area (Å²) < 4.78 is 13.5. The highest BCUT2D eigenvalue weighted by Gasteiger charge is 2.41. The molecule has 1 aliphatic heterocycles.